The van der Waals surface area contributed by atoms with Gasteiger partial charge in [0.15, 0.2) is 5.16 Å². The largest absolute Gasteiger partial charge is 0.295 e. The maximum absolute atomic E-state index is 12.9. The normalized spacial score (nSPS) is 10.4. The van der Waals surface area contributed by atoms with Crippen LogP contribution in [0.1, 0.15) is 10.4 Å². The molecule has 27 heavy (non-hydrogen) atoms. The number of aromatic nitrogens is 2. The van der Waals surface area contributed by atoms with Crippen LogP contribution >= 0.6 is 27.7 Å². The van der Waals surface area contributed by atoms with Crippen LogP contribution < -0.4 is 10.9 Å². The molecule has 0 aliphatic heterocycles. The second-order valence-electron chi connectivity index (χ2n) is 5.35. The van der Waals surface area contributed by atoms with Crippen LogP contribution in [-0.4, -0.2) is 27.1 Å². The molecule has 0 aliphatic rings. The van der Waals surface area contributed by atoms with E-state index in [0.717, 1.165) is 10.2 Å². The lowest BCUT2D eigenvalue weighted by Gasteiger charge is -2.09. The minimum absolute atomic E-state index is 0.0667. The van der Waals surface area contributed by atoms with Crippen molar-refractivity contribution in [3.8, 4) is 5.69 Å². The van der Waals surface area contributed by atoms with E-state index in [4.69, 9.17) is 0 Å². The van der Waals surface area contributed by atoms with E-state index in [0.29, 0.717) is 5.16 Å². The molecular formula is C18H14BrFN4O2S. The number of hydrogen-bond donors (Lipinski definition) is 2. The van der Waals surface area contributed by atoms with E-state index in [1.807, 2.05) is 28.8 Å². The minimum Gasteiger partial charge on any atom is -0.295 e. The second-order valence-corrected chi connectivity index (χ2v) is 7.21. The number of hydrazine groups is 1. The third-order valence-corrected chi connectivity index (χ3v) is 4.96. The zero-order chi connectivity index (χ0) is 19.2. The summed E-state index contributed by atoms with van der Waals surface area (Å²) in [5, 5.41) is 0.650. The standard InChI is InChI=1S/C18H14BrFN4O2S/c19-13-3-7-15(8-4-13)24-10-9-21-18(24)27-11-16(25)22-23-17(26)12-1-5-14(20)6-2-12/h1-10H,11H2,(H,22,25)(H,23,26). The third kappa shape index (κ3) is 5.18. The average molecular weight is 449 g/mol. The maximum Gasteiger partial charge on any atom is 0.269 e. The van der Waals surface area contributed by atoms with Gasteiger partial charge in [0.1, 0.15) is 5.82 Å². The van der Waals surface area contributed by atoms with Gasteiger partial charge in [0, 0.05) is 28.1 Å². The highest BCUT2D eigenvalue weighted by Gasteiger charge is 2.11. The molecule has 0 aliphatic carbocycles. The van der Waals surface area contributed by atoms with Gasteiger partial charge in [0.2, 0.25) is 5.91 Å². The van der Waals surface area contributed by atoms with Gasteiger partial charge in [-0.1, -0.05) is 27.7 Å². The third-order valence-electron chi connectivity index (χ3n) is 3.47. The number of rotatable bonds is 5. The molecule has 1 heterocycles. The Morgan fingerprint density at radius 1 is 1.07 bits per heavy atom. The molecule has 3 aromatic rings. The molecule has 0 saturated heterocycles. The molecule has 0 unspecified atom stereocenters. The Morgan fingerprint density at radius 3 is 2.48 bits per heavy atom. The first-order valence-corrected chi connectivity index (χ1v) is 9.57. The molecule has 2 N–H and O–H groups in total. The van der Waals surface area contributed by atoms with Gasteiger partial charge in [-0.25, -0.2) is 9.37 Å². The number of thioether (sulfide) groups is 1. The van der Waals surface area contributed by atoms with Gasteiger partial charge in [-0.05, 0) is 48.5 Å². The van der Waals surface area contributed by atoms with Gasteiger partial charge in [-0.15, -0.1) is 0 Å². The van der Waals surface area contributed by atoms with Gasteiger partial charge in [-0.3, -0.25) is 25.0 Å². The fraction of sp³-hybridized carbons (Fsp3) is 0.0556. The fourth-order valence-corrected chi connectivity index (χ4v) is 3.20. The summed E-state index contributed by atoms with van der Waals surface area (Å²) in [4.78, 5) is 28.1. The van der Waals surface area contributed by atoms with Crippen molar-refractivity contribution in [3.05, 3.63) is 76.8 Å². The number of carbonyl (C=O) groups is 2. The molecule has 138 valence electrons. The Bertz CT molecular complexity index is 945. The van der Waals surface area contributed by atoms with Crippen molar-refractivity contribution in [2.24, 2.45) is 0 Å². The number of amides is 2. The first-order valence-electron chi connectivity index (χ1n) is 7.80. The smallest absolute Gasteiger partial charge is 0.269 e. The van der Waals surface area contributed by atoms with Crippen molar-refractivity contribution in [2.45, 2.75) is 5.16 Å². The molecule has 2 aromatic carbocycles. The van der Waals surface area contributed by atoms with E-state index < -0.39 is 11.7 Å². The molecule has 0 bridgehead atoms. The van der Waals surface area contributed by atoms with Crippen LogP contribution in [0, 0.1) is 5.82 Å². The summed E-state index contributed by atoms with van der Waals surface area (Å²) in [6.07, 6.45) is 3.46. The lowest BCUT2D eigenvalue weighted by Crippen LogP contribution is -2.42. The number of carbonyl (C=O) groups excluding carboxylic acids is 2. The molecule has 0 radical (unpaired) electrons. The fourth-order valence-electron chi connectivity index (χ4n) is 2.16. The maximum atomic E-state index is 12.9. The van der Waals surface area contributed by atoms with E-state index in [1.54, 1.807) is 12.4 Å². The van der Waals surface area contributed by atoms with Crippen LogP contribution in [0.5, 0.6) is 0 Å². The first-order chi connectivity index (χ1) is 13.0. The number of nitrogens with one attached hydrogen (secondary N) is 2. The van der Waals surface area contributed by atoms with Crippen LogP contribution in [0.25, 0.3) is 5.69 Å². The Morgan fingerprint density at radius 2 is 1.78 bits per heavy atom. The second kappa shape index (κ2) is 8.83. The first kappa shape index (κ1) is 19.1. The predicted molar refractivity (Wildman–Crippen MR) is 104 cm³/mol. The van der Waals surface area contributed by atoms with Crippen molar-refractivity contribution >= 4 is 39.5 Å². The van der Waals surface area contributed by atoms with Crippen molar-refractivity contribution in [2.75, 3.05) is 5.75 Å². The lowest BCUT2D eigenvalue weighted by atomic mass is 10.2. The van der Waals surface area contributed by atoms with Crippen LogP contribution in [0.4, 0.5) is 4.39 Å². The molecule has 0 atom stereocenters. The number of benzene rings is 2. The van der Waals surface area contributed by atoms with E-state index in [9.17, 15) is 14.0 Å². The molecule has 2 amide bonds. The van der Waals surface area contributed by atoms with E-state index in [1.165, 1.54) is 36.0 Å². The van der Waals surface area contributed by atoms with Crippen LogP contribution in [0.3, 0.4) is 0 Å². The highest BCUT2D eigenvalue weighted by molar-refractivity contribution is 9.10. The van der Waals surface area contributed by atoms with Crippen LogP contribution in [-0.2, 0) is 4.79 Å². The molecule has 1 aromatic heterocycles. The Labute approximate surface area is 167 Å². The monoisotopic (exact) mass is 448 g/mol. The van der Waals surface area contributed by atoms with Gasteiger partial charge < -0.3 is 0 Å². The number of hydrogen-bond acceptors (Lipinski definition) is 4. The summed E-state index contributed by atoms with van der Waals surface area (Å²) >= 11 is 4.63. The van der Waals surface area contributed by atoms with E-state index >= 15 is 0 Å². The molecule has 0 saturated carbocycles. The molecule has 0 spiro atoms. The average Bonchev–Trinajstić information content (AvgIpc) is 3.14. The summed E-state index contributed by atoms with van der Waals surface area (Å²) in [5.41, 5.74) is 5.79. The molecule has 6 nitrogen and oxygen atoms in total. The lowest BCUT2D eigenvalue weighted by molar-refractivity contribution is -0.119. The van der Waals surface area contributed by atoms with E-state index in [-0.39, 0.29) is 17.2 Å². The molecule has 9 heteroatoms. The Balaban J connectivity index is 1.52. The van der Waals surface area contributed by atoms with Crippen LogP contribution in [0.15, 0.2) is 70.6 Å². The molecule has 3 rings (SSSR count). The van der Waals surface area contributed by atoms with Gasteiger partial charge in [0.25, 0.3) is 5.91 Å². The van der Waals surface area contributed by atoms with Gasteiger partial charge in [-0.2, -0.15) is 0 Å². The summed E-state index contributed by atoms with van der Waals surface area (Å²) in [7, 11) is 0. The predicted octanol–water partition coefficient (Wildman–Crippen LogP) is 3.33. The minimum atomic E-state index is -0.523. The topological polar surface area (TPSA) is 76.0 Å². The number of imidazole rings is 1. The van der Waals surface area contributed by atoms with Gasteiger partial charge in [0.05, 0.1) is 5.75 Å². The zero-order valence-electron chi connectivity index (χ0n) is 13.9. The molecule has 0 fully saturated rings. The van der Waals surface area contributed by atoms with Crippen molar-refractivity contribution in [3.63, 3.8) is 0 Å². The highest BCUT2D eigenvalue weighted by atomic mass is 79.9. The van der Waals surface area contributed by atoms with Crippen molar-refractivity contribution in [1.29, 1.82) is 0 Å². The molecular weight excluding hydrogens is 435 g/mol. The van der Waals surface area contributed by atoms with Crippen molar-refractivity contribution in [1.82, 2.24) is 20.4 Å². The van der Waals surface area contributed by atoms with E-state index in [2.05, 4.69) is 31.8 Å². The highest BCUT2D eigenvalue weighted by Crippen LogP contribution is 2.21. The summed E-state index contributed by atoms with van der Waals surface area (Å²) < 4.78 is 15.7. The summed E-state index contributed by atoms with van der Waals surface area (Å²) in [5.74, 6) is -1.28. The summed E-state index contributed by atoms with van der Waals surface area (Å²) in [6, 6.07) is 12.7. The zero-order valence-corrected chi connectivity index (χ0v) is 16.3. The number of halogens is 2. The number of nitrogens with zero attached hydrogens (tertiary/aromatic N) is 2. The van der Waals surface area contributed by atoms with Gasteiger partial charge >= 0.3 is 0 Å². The Kier molecular flexibility index (Phi) is 6.25. The summed E-state index contributed by atoms with van der Waals surface area (Å²) in [6.45, 7) is 0. The van der Waals surface area contributed by atoms with Crippen molar-refractivity contribution < 1.29 is 14.0 Å². The van der Waals surface area contributed by atoms with Crippen LogP contribution in [0.2, 0.25) is 0 Å². The quantitative estimate of drug-likeness (QED) is 0.463. The SMILES string of the molecule is O=C(CSc1nccn1-c1ccc(Br)cc1)NNC(=O)c1ccc(F)cc1. The Hall–Kier alpha value is -2.65.